The molecule has 0 bridgehead atoms. The van der Waals surface area contributed by atoms with Crippen molar-refractivity contribution < 1.29 is 4.74 Å². The number of ether oxygens (including phenoxy) is 1. The SMILES string of the molecule is Nc1ccc(OCCn2ncc3ccccc3c2=O)cc1. The lowest BCUT2D eigenvalue weighted by atomic mass is 10.2. The molecule has 5 heteroatoms. The number of hydrogen-bond donors (Lipinski definition) is 1. The predicted octanol–water partition coefficient (Wildman–Crippen LogP) is 2.06. The molecule has 0 aliphatic rings. The highest BCUT2D eigenvalue weighted by Crippen LogP contribution is 2.13. The number of rotatable bonds is 4. The van der Waals surface area contributed by atoms with Crippen molar-refractivity contribution in [1.82, 2.24) is 9.78 Å². The second kappa shape index (κ2) is 5.66. The van der Waals surface area contributed by atoms with Gasteiger partial charge in [-0.15, -0.1) is 0 Å². The number of benzene rings is 2. The Morgan fingerprint density at radius 1 is 1.10 bits per heavy atom. The molecule has 0 unspecified atom stereocenters. The van der Waals surface area contributed by atoms with Crippen LogP contribution in [0.4, 0.5) is 5.69 Å². The highest BCUT2D eigenvalue weighted by molar-refractivity contribution is 5.80. The third-order valence-corrected chi connectivity index (χ3v) is 3.21. The Labute approximate surface area is 121 Å². The van der Waals surface area contributed by atoms with Gasteiger partial charge in [-0.3, -0.25) is 4.79 Å². The summed E-state index contributed by atoms with van der Waals surface area (Å²) in [5.74, 6) is 0.720. The predicted molar refractivity (Wildman–Crippen MR) is 82.4 cm³/mol. The third-order valence-electron chi connectivity index (χ3n) is 3.21. The Morgan fingerprint density at radius 2 is 1.86 bits per heavy atom. The van der Waals surface area contributed by atoms with Crippen molar-refractivity contribution in [3.63, 3.8) is 0 Å². The van der Waals surface area contributed by atoms with Crippen LogP contribution in [0.3, 0.4) is 0 Å². The van der Waals surface area contributed by atoms with Gasteiger partial charge in [0.2, 0.25) is 0 Å². The fraction of sp³-hybridized carbons (Fsp3) is 0.125. The molecule has 1 aromatic heterocycles. The van der Waals surface area contributed by atoms with Crippen molar-refractivity contribution in [1.29, 1.82) is 0 Å². The van der Waals surface area contributed by atoms with Crippen LogP contribution in [0.15, 0.2) is 59.5 Å². The summed E-state index contributed by atoms with van der Waals surface area (Å²) in [5, 5.41) is 5.67. The van der Waals surface area contributed by atoms with Crippen LogP contribution in [0.2, 0.25) is 0 Å². The molecule has 2 N–H and O–H groups in total. The first-order chi connectivity index (χ1) is 10.2. The quantitative estimate of drug-likeness (QED) is 0.743. The molecule has 0 aliphatic heterocycles. The van der Waals surface area contributed by atoms with Gasteiger partial charge in [0.25, 0.3) is 5.56 Å². The first kappa shape index (κ1) is 13.2. The molecule has 0 aliphatic carbocycles. The normalized spacial score (nSPS) is 10.7. The van der Waals surface area contributed by atoms with Gasteiger partial charge >= 0.3 is 0 Å². The molecule has 3 rings (SSSR count). The summed E-state index contributed by atoms with van der Waals surface area (Å²) >= 11 is 0. The van der Waals surface area contributed by atoms with Crippen molar-refractivity contribution >= 4 is 16.5 Å². The second-order valence-electron chi connectivity index (χ2n) is 4.68. The van der Waals surface area contributed by atoms with Gasteiger partial charge in [0.05, 0.1) is 18.1 Å². The number of anilines is 1. The Morgan fingerprint density at radius 3 is 2.67 bits per heavy atom. The average Bonchev–Trinajstić information content (AvgIpc) is 2.52. The number of aromatic nitrogens is 2. The maximum atomic E-state index is 12.2. The molecule has 106 valence electrons. The van der Waals surface area contributed by atoms with Crippen molar-refractivity contribution in [2.24, 2.45) is 0 Å². The molecule has 0 spiro atoms. The van der Waals surface area contributed by atoms with Gasteiger partial charge in [0.1, 0.15) is 12.4 Å². The third kappa shape index (κ3) is 2.86. The zero-order valence-corrected chi connectivity index (χ0v) is 11.4. The average molecular weight is 281 g/mol. The Hall–Kier alpha value is -2.82. The Kier molecular flexibility index (Phi) is 3.55. The van der Waals surface area contributed by atoms with Crippen LogP contribution in [0, 0.1) is 0 Å². The van der Waals surface area contributed by atoms with Gasteiger partial charge in [-0.25, -0.2) is 4.68 Å². The number of nitrogens with two attached hydrogens (primary N) is 1. The lowest BCUT2D eigenvalue weighted by Gasteiger charge is -2.08. The van der Waals surface area contributed by atoms with Crippen molar-refractivity contribution in [3.8, 4) is 5.75 Å². The summed E-state index contributed by atoms with van der Waals surface area (Å²) in [6.45, 7) is 0.767. The lowest BCUT2D eigenvalue weighted by molar-refractivity contribution is 0.288. The zero-order valence-electron chi connectivity index (χ0n) is 11.4. The van der Waals surface area contributed by atoms with Crippen LogP contribution in [0.1, 0.15) is 0 Å². The molecule has 0 atom stereocenters. The van der Waals surface area contributed by atoms with Gasteiger partial charge in [0.15, 0.2) is 0 Å². The summed E-state index contributed by atoms with van der Waals surface area (Å²) in [4.78, 5) is 12.2. The first-order valence-electron chi connectivity index (χ1n) is 6.67. The van der Waals surface area contributed by atoms with Gasteiger partial charge in [0, 0.05) is 11.1 Å². The molecule has 5 nitrogen and oxygen atoms in total. The highest BCUT2D eigenvalue weighted by Gasteiger charge is 2.03. The zero-order chi connectivity index (χ0) is 14.7. The monoisotopic (exact) mass is 281 g/mol. The van der Waals surface area contributed by atoms with E-state index in [1.807, 2.05) is 18.2 Å². The van der Waals surface area contributed by atoms with Crippen LogP contribution in [0.5, 0.6) is 5.75 Å². The molecule has 0 fully saturated rings. The van der Waals surface area contributed by atoms with Crippen LogP contribution in [-0.2, 0) is 6.54 Å². The molecule has 21 heavy (non-hydrogen) atoms. The number of nitrogens with zero attached hydrogens (tertiary/aromatic N) is 2. The van der Waals surface area contributed by atoms with E-state index in [0.717, 1.165) is 11.1 Å². The smallest absolute Gasteiger partial charge is 0.274 e. The lowest BCUT2D eigenvalue weighted by Crippen LogP contribution is -2.25. The van der Waals surface area contributed by atoms with Crippen molar-refractivity contribution in [2.45, 2.75) is 6.54 Å². The fourth-order valence-electron chi connectivity index (χ4n) is 2.10. The van der Waals surface area contributed by atoms with E-state index < -0.39 is 0 Å². The van der Waals surface area contributed by atoms with Gasteiger partial charge in [-0.2, -0.15) is 5.10 Å². The van der Waals surface area contributed by atoms with Crippen LogP contribution in [0.25, 0.3) is 10.8 Å². The van der Waals surface area contributed by atoms with E-state index in [2.05, 4.69) is 5.10 Å². The van der Waals surface area contributed by atoms with E-state index in [-0.39, 0.29) is 5.56 Å². The summed E-state index contributed by atoms with van der Waals surface area (Å²) in [5.41, 5.74) is 6.19. The minimum Gasteiger partial charge on any atom is -0.492 e. The minimum absolute atomic E-state index is 0.103. The number of nitrogen functional groups attached to an aromatic ring is 1. The van der Waals surface area contributed by atoms with Gasteiger partial charge < -0.3 is 10.5 Å². The number of hydrogen-bond acceptors (Lipinski definition) is 4. The Balaban J connectivity index is 1.72. The molecular formula is C16H15N3O2. The van der Waals surface area contributed by atoms with E-state index in [1.165, 1.54) is 4.68 Å². The van der Waals surface area contributed by atoms with Crippen LogP contribution in [-0.4, -0.2) is 16.4 Å². The van der Waals surface area contributed by atoms with E-state index >= 15 is 0 Å². The molecule has 1 heterocycles. The van der Waals surface area contributed by atoms with E-state index in [9.17, 15) is 4.79 Å². The topological polar surface area (TPSA) is 70.1 Å². The largest absolute Gasteiger partial charge is 0.492 e. The standard InChI is InChI=1S/C16H15N3O2/c17-13-5-7-14(8-6-13)21-10-9-19-16(20)15-4-2-1-3-12(15)11-18-19/h1-8,11H,9-10,17H2. The maximum Gasteiger partial charge on any atom is 0.274 e. The number of fused-ring (bicyclic) bond motifs is 1. The van der Waals surface area contributed by atoms with Gasteiger partial charge in [-0.1, -0.05) is 18.2 Å². The fourth-order valence-corrected chi connectivity index (χ4v) is 2.10. The first-order valence-corrected chi connectivity index (χ1v) is 6.67. The van der Waals surface area contributed by atoms with Gasteiger partial charge in [-0.05, 0) is 30.3 Å². The molecule has 0 saturated carbocycles. The molecule has 3 aromatic rings. The van der Waals surface area contributed by atoms with Crippen LogP contribution >= 0.6 is 0 Å². The molecule has 0 radical (unpaired) electrons. The highest BCUT2D eigenvalue weighted by atomic mass is 16.5. The molecule has 0 saturated heterocycles. The molecular weight excluding hydrogens is 266 g/mol. The second-order valence-corrected chi connectivity index (χ2v) is 4.68. The van der Waals surface area contributed by atoms with E-state index in [4.69, 9.17) is 10.5 Å². The van der Waals surface area contributed by atoms with Crippen molar-refractivity contribution in [3.05, 3.63) is 65.1 Å². The van der Waals surface area contributed by atoms with Crippen LogP contribution < -0.4 is 16.0 Å². The molecule has 0 amide bonds. The van der Waals surface area contributed by atoms with Crippen molar-refractivity contribution in [2.75, 3.05) is 12.3 Å². The Bertz CT molecular complexity index is 810. The van der Waals surface area contributed by atoms with E-state index in [0.29, 0.717) is 24.2 Å². The minimum atomic E-state index is -0.103. The summed E-state index contributed by atoms with van der Waals surface area (Å²) in [6, 6.07) is 14.6. The maximum absolute atomic E-state index is 12.2. The summed E-state index contributed by atoms with van der Waals surface area (Å²) < 4.78 is 6.99. The summed E-state index contributed by atoms with van der Waals surface area (Å²) in [7, 11) is 0. The summed E-state index contributed by atoms with van der Waals surface area (Å²) in [6.07, 6.45) is 1.69. The van der Waals surface area contributed by atoms with E-state index in [1.54, 1.807) is 36.5 Å². The molecule has 2 aromatic carbocycles.